The van der Waals surface area contributed by atoms with Crippen LogP contribution in [0.25, 0.3) is 0 Å². The van der Waals surface area contributed by atoms with Crippen molar-refractivity contribution in [1.82, 2.24) is 14.7 Å². The lowest BCUT2D eigenvalue weighted by molar-refractivity contribution is 0.0713. The third-order valence-corrected chi connectivity index (χ3v) is 5.00. The molecule has 1 aromatic rings. The highest BCUT2D eigenvalue weighted by Crippen LogP contribution is 2.36. The summed E-state index contributed by atoms with van der Waals surface area (Å²) in [5.41, 5.74) is 1.16. The number of aliphatic hydroxyl groups is 1. The van der Waals surface area contributed by atoms with Crippen LogP contribution in [0.3, 0.4) is 0 Å². The first-order chi connectivity index (χ1) is 9.65. The molecule has 4 heteroatoms. The van der Waals surface area contributed by atoms with E-state index in [1.165, 1.54) is 25.7 Å². The zero-order valence-corrected chi connectivity index (χ0v) is 12.7. The molecule has 0 aromatic carbocycles. The second-order valence-electron chi connectivity index (χ2n) is 6.72. The maximum absolute atomic E-state index is 10.2. The summed E-state index contributed by atoms with van der Waals surface area (Å²) >= 11 is 0. The van der Waals surface area contributed by atoms with Gasteiger partial charge in [-0.25, -0.2) is 0 Å². The zero-order valence-electron chi connectivity index (χ0n) is 12.7. The lowest BCUT2D eigenvalue weighted by Crippen LogP contribution is -2.38. The minimum Gasteiger partial charge on any atom is -0.393 e. The fourth-order valence-electron chi connectivity index (χ4n) is 3.91. The Kier molecular flexibility index (Phi) is 4.13. The Balaban J connectivity index is 1.66. The molecule has 3 rings (SSSR count). The molecule has 0 spiro atoms. The summed E-state index contributed by atoms with van der Waals surface area (Å²) in [5.74, 6) is 0.490. The number of aromatic nitrogens is 2. The van der Waals surface area contributed by atoms with Gasteiger partial charge in [0.1, 0.15) is 0 Å². The van der Waals surface area contributed by atoms with Crippen LogP contribution in [-0.4, -0.2) is 38.5 Å². The summed E-state index contributed by atoms with van der Waals surface area (Å²) in [7, 11) is 0. The van der Waals surface area contributed by atoms with Crippen molar-refractivity contribution < 1.29 is 5.11 Å². The van der Waals surface area contributed by atoms with Gasteiger partial charge in [0.15, 0.2) is 0 Å². The van der Waals surface area contributed by atoms with E-state index in [1.807, 2.05) is 4.68 Å². The molecule has 2 fully saturated rings. The molecular formula is C16H27N3O. The highest BCUT2D eigenvalue weighted by molar-refractivity contribution is 5.02. The molecule has 1 aliphatic heterocycles. The first-order valence-corrected chi connectivity index (χ1v) is 8.11. The van der Waals surface area contributed by atoms with Crippen molar-refractivity contribution in [2.75, 3.05) is 6.54 Å². The van der Waals surface area contributed by atoms with Gasteiger partial charge in [0.25, 0.3) is 0 Å². The summed E-state index contributed by atoms with van der Waals surface area (Å²) in [6.45, 7) is 6.41. The summed E-state index contributed by atoms with van der Waals surface area (Å²) in [6.07, 6.45) is 7.90. The van der Waals surface area contributed by atoms with Gasteiger partial charge < -0.3 is 5.11 Å². The summed E-state index contributed by atoms with van der Waals surface area (Å²) in [6, 6.07) is 3.13. The van der Waals surface area contributed by atoms with Crippen LogP contribution in [0.4, 0.5) is 0 Å². The molecule has 2 aliphatic rings. The Hall–Kier alpha value is -0.870. The van der Waals surface area contributed by atoms with Gasteiger partial charge in [-0.3, -0.25) is 9.58 Å². The normalized spacial score (nSPS) is 31.5. The van der Waals surface area contributed by atoms with Gasteiger partial charge in [0.05, 0.1) is 11.8 Å². The van der Waals surface area contributed by atoms with Crippen molar-refractivity contribution in [3.05, 3.63) is 18.0 Å². The van der Waals surface area contributed by atoms with E-state index in [-0.39, 0.29) is 6.10 Å². The predicted octanol–water partition coefficient (Wildman–Crippen LogP) is 2.59. The summed E-state index contributed by atoms with van der Waals surface area (Å²) in [4.78, 5) is 2.55. The fourth-order valence-corrected chi connectivity index (χ4v) is 3.91. The highest BCUT2D eigenvalue weighted by atomic mass is 16.3. The lowest BCUT2D eigenvalue weighted by atomic mass is 9.94. The first kappa shape index (κ1) is 14.1. The largest absolute Gasteiger partial charge is 0.393 e. The van der Waals surface area contributed by atoms with Crippen molar-refractivity contribution >= 4 is 0 Å². The van der Waals surface area contributed by atoms with Crippen molar-refractivity contribution in [2.45, 2.75) is 70.7 Å². The smallest absolute Gasteiger partial charge is 0.0764 e. The van der Waals surface area contributed by atoms with E-state index in [2.05, 4.69) is 36.1 Å². The summed E-state index contributed by atoms with van der Waals surface area (Å²) in [5, 5.41) is 14.8. The molecule has 0 radical (unpaired) electrons. The maximum atomic E-state index is 10.2. The van der Waals surface area contributed by atoms with Crippen LogP contribution in [-0.2, 0) is 6.54 Å². The predicted molar refractivity (Wildman–Crippen MR) is 79.4 cm³/mol. The highest BCUT2D eigenvalue weighted by Gasteiger charge is 2.38. The Morgan fingerprint density at radius 3 is 2.80 bits per heavy atom. The molecule has 20 heavy (non-hydrogen) atoms. The monoisotopic (exact) mass is 277 g/mol. The molecule has 1 aromatic heterocycles. The average molecular weight is 277 g/mol. The maximum Gasteiger partial charge on any atom is 0.0764 e. The van der Waals surface area contributed by atoms with Gasteiger partial charge in [0, 0.05) is 30.7 Å². The van der Waals surface area contributed by atoms with E-state index >= 15 is 0 Å². The van der Waals surface area contributed by atoms with Gasteiger partial charge in [-0.05, 0) is 52.1 Å². The molecular weight excluding hydrogens is 250 g/mol. The van der Waals surface area contributed by atoms with Crippen LogP contribution in [0.1, 0.15) is 57.7 Å². The van der Waals surface area contributed by atoms with Gasteiger partial charge in [-0.1, -0.05) is 6.42 Å². The topological polar surface area (TPSA) is 41.3 Å². The third-order valence-electron chi connectivity index (χ3n) is 5.00. The quantitative estimate of drug-likeness (QED) is 0.919. The Bertz CT molecular complexity index is 443. The zero-order chi connectivity index (χ0) is 14.1. The van der Waals surface area contributed by atoms with E-state index in [1.54, 1.807) is 0 Å². The fraction of sp³-hybridized carbons (Fsp3) is 0.812. The molecule has 0 amide bonds. The molecule has 1 saturated carbocycles. The molecule has 2 heterocycles. The molecule has 1 N–H and O–H groups in total. The van der Waals surface area contributed by atoms with Crippen molar-refractivity contribution in [3.8, 4) is 0 Å². The minimum atomic E-state index is -0.0752. The second kappa shape index (κ2) is 5.86. The van der Waals surface area contributed by atoms with Crippen LogP contribution < -0.4 is 0 Å². The number of hydrogen-bond acceptors (Lipinski definition) is 3. The molecule has 1 aliphatic carbocycles. The van der Waals surface area contributed by atoms with E-state index in [9.17, 15) is 5.11 Å². The summed E-state index contributed by atoms with van der Waals surface area (Å²) < 4.78 is 2.03. The third kappa shape index (κ3) is 2.77. The van der Waals surface area contributed by atoms with E-state index < -0.39 is 0 Å². The molecule has 0 bridgehead atoms. The standard InChI is InChI=1S/C16H27N3O/c1-12(2)19-10-8-13(17-19)11-18-9-4-6-15(18)14-5-3-7-16(14)20/h8,10,12,14-16,20H,3-7,9,11H2,1-2H3. The van der Waals surface area contributed by atoms with Crippen molar-refractivity contribution in [1.29, 1.82) is 0 Å². The number of hydrogen-bond donors (Lipinski definition) is 1. The Morgan fingerprint density at radius 2 is 2.15 bits per heavy atom. The van der Waals surface area contributed by atoms with Crippen LogP contribution in [0.5, 0.6) is 0 Å². The molecule has 4 nitrogen and oxygen atoms in total. The molecule has 3 atom stereocenters. The molecule has 1 saturated heterocycles. The van der Waals surface area contributed by atoms with Gasteiger partial charge >= 0.3 is 0 Å². The minimum absolute atomic E-state index is 0.0752. The van der Waals surface area contributed by atoms with E-state index in [4.69, 9.17) is 0 Å². The number of aliphatic hydroxyl groups excluding tert-OH is 1. The van der Waals surface area contributed by atoms with Gasteiger partial charge in [-0.2, -0.15) is 5.10 Å². The number of rotatable bonds is 4. The average Bonchev–Trinajstić information content (AvgIpc) is 3.10. The van der Waals surface area contributed by atoms with Gasteiger partial charge in [-0.15, -0.1) is 0 Å². The SMILES string of the molecule is CC(C)n1ccc(CN2CCCC2C2CCCC2O)n1. The van der Waals surface area contributed by atoms with E-state index in [0.29, 0.717) is 18.0 Å². The Morgan fingerprint density at radius 1 is 1.30 bits per heavy atom. The Labute approximate surface area is 121 Å². The number of likely N-dealkylation sites (tertiary alicyclic amines) is 1. The van der Waals surface area contributed by atoms with Crippen LogP contribution in [0.2, 0.25) is 0 Å². The van der Waals surface area contributed by atoms with Crippen LogP contribution in [0, 0.1) is 5.92 Å². The van der Waals surface area contributed by atoms with Crippen molar-refractivity contribution in [2.24, 2.45) is 5.92 Å². The molecule has 3 unspecified atom stereocenters. The van der Waals surface area contributed by atoms with Crippen LogP contribution >= 0.6 is 0 Å². The lowest BCUT2D eigenvalue weighted by Gasteiger charge is -2.30. The van der Waals surface area contributed by atoms with Gasteiger partial charge in [0.2, 0.25) is 0 Å². The first-order valence-electron chi connectivity index (χ1n) is 8.11. The van der Waals surface area contributed by atoms with Crippen molar-refractivity contribution in [3.63, 3.8) is 0 Å². The van der Waals surface area contributed by atoms with E-state index in [0.717, 1.165) is 25.2 Å². The molecule has 112 valence electrons. The number of nitrogens with zero attached hydrogens (tertiary/aromatic N) is 3. The van der Waals surface area contributed by atoms with Crippen LogP contribution in [0.15, 0.2) is 12.3 Å². The second-order valence-corrected chi connectivity index (χ2v) is 6.72.